The molecule has 0 radical (unpaired) electrons. The van der Waals surface area contributed by atoms with Crippen molar-refractivity contribution in [1.82, 2.24) is 10.2 Å². The maximum absolute atomic E-state index is 9.10. The van der Waals surface area contributed by atoms with Crippen molar-refractivity contribution in [2.24, 2.45) is 0 Å². The van der Waals surface area contributed by atoms with E-state index in [0.717, 1.165) is 32.7 Å². The van der Waals surface area contributed by atoms with Crippen LogP contribution < -0.4 is 5.32 Å². The predicted molar refractivity (Wildman–Crippen MR) is 47.0 cm³/mol. The number of aliphatic hydroxyl groups is 2. The van der Waals surface area contributed by atoms with Crippen LogP contribution in [0.1, 0.15) is 6.42 Å². The van der Waals surface area contributed by atoms with Crippen molar-refractivity contribution in [2.45, 2.75) is 12.5 Å². The molecule has 0 saturated carbocycles. The third-order valence-corrected chi connectivity index (χ3v) is 2.20. The predicted octanol–water partition coefficient (Wildman–Crippen LogP) is -1.37. The molecule has 1 aliphatic rings. The van der Waals surface area contributed by atoms with Crippen LogP contribution in [0.25, 0.3) is 0 Å². The van der Waals surface area contributed by atoms with E-state index in [-0.39, 0.29) is 6.61 Å². The number of nitrogens with zero attached hydrogens (tertiary/aromatic N) is 1. The lowest BCUT2D eigenvalue weighted by molar-refractivity contribution is 0.0755. The molecule has 0 unspecified atom stereocenters. The average Bonchev–Trinajstić information content (AvgIpc) is 2.16. The molecule has 0 aromatic heterocycles. The Morgan fingerprint density at radius 1 is 1.33 bits per heavy atom. The summed E-state index contributed by atoms with van der Waals surface area (Å²) in [5.74, 6) is 0. The van der Waals surface area contributed by atoms with Crippen LogP contribution >= 0.6 is 0 Å². The van der Waals surface area contributed by atoms with Crippen molar-refractivity contribution in [1.29, 1.82) is 0 Å². The Kier molecular flexibility index (Phi) is 4.53. The molecule has 0 aliphatic carbocycles. The molecule has 1 heterocycles. The Bertz CT molecular complexity index is 116. The van der Waals surface area contributed by atoms with Gasteiger partial charge in [-0.1, -0.05) is 0 Å². The van der Waals surface area contributed by atoms with Crippen molar-refractivity contribution >= 4 is 0 Å². The van der Waals surface area contributed by atoms with E-state index >= 15 is 0 Å². The third kappa shape index (κ3) is 3.49. The van der Waals surface area contributed by atoms with Crippen molar-refractivity contribution in [3.63, 3.8) is 0 Å². The number of rotatable bonds is 4. The molecule has 0 amide bonds. The van der Waals surface area contributed by atoms with Gasteiger partial charge in [0.1, 0.15) is 0 Å². The molecular formula is C8H18N2O2. The molecule has 4 nitrogen and oxygen atoms in total. The molecule has 4 heteroatoms. The highest BCUT2D eigenvalue weighted by atomic mass is 16.3. The van der Waals surface area contributed by atoms with Crippen LogP contribution in [-0.4, -0.2) is 60.5 Å². The van der Waals surface area contributed by atoms with Crippen molar-refractivity contribution in [3.8, 4) is 0 Å². The first-order chi connectivity index (χ1) is 5.83. The SMILES string of the molecule is OC[C@H](O)CCN1CCNCC1. The summed E-state index contributed by atoms with van der Waals surface area (Å²) in [7, 11) is 0. The summed E-state index contributed by atoms with van der Waals surface area (Å²) in [5.41, 5.74) is 0. The van der Waals surface area contributed by atoms with Gasteiger partial charge in [0, 0.05) is 32.7 Å². The second-order valence-electron chi connectivity index (χ2n) is 3.22. The van der Waals surface area contributed by atoms with Gasteiger partial charge in [-0.2, -0.15) is 0 Å². The van der Waals surface area contributed by atoms with E-state index in [4.69, 9.17) is 10.2 Å². The highest BCUT2D eigenvalue weighted by molar-refractivity contribution is 4.68. The van der Waals surface area contributed by atoms with Gasteiger partial charge < -0.3 is 20.4 Å². The third-order valence-electron chi connectivity index (χ3n) is 2.20. The van der Waals surface area contributed by atoms with E-state index in [2.05, 4.69) is 10.2 Å². The molecule has 0 spiro atoms. The first-order valence-electron chi connectivity index (χ1n) is 4.55. The van der Waals surface area contributed by atoms with E-state index in [9.17, 15) is 0 Å². The van der Waals surface area contributed by atoms with Gasteiger partial charge >= 0.3 is 0 Å². The minimum absolute atomic E-state index is 0.119. The molecule has 0 aromatic rings. The topological polar surface area (TPSA) is 55.7 Å². The van der Waals surface area contributed by atoms with Crippen molar-refractivity contribution < 1.29 is 10.2 Å². The zero-order valence-corrected chi connectivity index (χ0v) is 7.37. The number of hydrogen-bond donors (Lipinski definition) is 3. The minimum Gasteiger partial charge on any atom is -0.394 e. The van der Waals surface area contributed by atoms with Crippen LogP contribution in [-0.2, 0) is 0 Å². The van der Waals surface area contributed by atoms with Gasteiger partial charge in [-0.15, -0.1) is 0 Å². The molecule has 0 aromatic carbocycles. The zero-order chi connectivity index (χ0) is 8.81. The molecule has 1 rings (SSSR count). The Morgan fingerprint density at radius 3 is 2.58 bits per heavy atom. The van der Waals surface area contributed by atoms with Gasteiger partial charge in [-0.3, -0.25) is 0 Å². The highest BCUT2D eigenvalue weighted by Gasteiger charge is 2.10. The Labute approximate surface area is 73.2 Å². The normalized spacial score (nSPS) is 22.5. The van der Waals surface area contributed by atoms with Gasteiger partial charge in [-0.05, 0) is 6.42 Å². The van der Waals surface area contributed by atoms with E-state index in [0.29, 0.717) is 6.42 Å². The first kappa shape index (κ1) is 9.92. The molecule has 3 N–H and O–H groups in total. The van der Waals surface area contributed by atoms with E-state index in [1.807, 2.05) is 0 Å². The molecule has 1 fully saturated rings. The van der Waals surface area contributed by atoms with Crippen LogP contribution in [0.3, 0.4) is 0 Å². The standard InChI is InChI=1S/C8H18N2O2/c11-7-8(12)1-4-10-5-2-9-3-6-10/h8-9,11-12H,1-7H2/t8-/m1/s1. The number of piperazine rings is 1. The fraction of sp³-hybridized carbons (Fsp3) is 1.00. The molecule has 72 valence electrons. The summed E-state index contributed by atoms with van der Waals surface area (Å²) in [6, 6.07) is 0. The molecule has 1 aliphatic heterocycles. The van der Waals surface area contributed by atoms with Gasteiger partial charge in [-0.25, -0.2) is 0 Å². The maximum atomic E-state index is 9.10. The lowest BCUT2D eigenvalue weighted by atomic mass is 10.2. The van der Waals surface area contributed by atoms with E-state index in [1.54, 1.807) is 0 Å². The molecule has 12 heavy (non-hydrogen) atoms. The Morgan fingerprint density at radius 2 is 2.00 bits per heavy atom. The summed E-state index contributed by atoms with van der Waals surface area (Å²) in [4.78, 5) is 2.30. The quantitative estimate of drug-likeness (QED) is 0.492. The molecule has 1 saturated heterocycles. The molecule has 1 atom stereocenters. The number of hydrogen-bond acceptors (Lipinski definition) is 4. The summed E-state index contributed by atoms with van der Waals surface area (Å²) >= 11 is 0. The Balaban J connectivity index is 2.05. The summed E-state index contributed by atoms with van der Waals surface area (Å²) in [5, 5.41) is 20.9. The average molecular weight is 174 g/mol. The van der Waals surface area contributed by atoms with Crippen LogP contribution in [0, 0.1) is 0 Å². The highest BCUT2D eigenvalue weighted by Crippen LogP contribution is 1.97. The lowest BCUT2D eigenvalue weighted by Crippen LogP contribution is -2.44. The van der Waals surface area contributed by atoms with Gasteiger partial charge in [0.05, 0.1) is 12.7 Å². The smallest absolute Gasteiger partial charge is 0.0783 e. The van der Waals surface area contributed by atoms with Crippen LogP contribution in [0.15, 0.2) is 0 Å². The van der Waals surface area contributed by atoms with Crippen molar-refractivity contribution in [2.75, 3.05) is 39.3 Å². The molecular weight excluding hydrogens is 156 g/mol. The lowest BCUT2D eigenvalue weighted by Gasteiger charge is -2.27. The monoisotopic (exact) mass is 174 g/mol. The van der Waals surface area contributed by atoms with Crippen LogP contribution in [0.5, 0.6) is 0 Å². The fourth-order valence-corrected chi connectivity index (χ4v) is 1.36. The van der Waals surface area contributed by atoms with E-state index < -0.39 is 6.10 Å². The fourth-order valence-electron chi connectivity index (χ4n) is 1.36. The second kappa shape index (κ2) is 5.48. The number of aliphatic hydroxyl groups excluding tert-OH is 2. The van der Waals surface area contributed by atoms with Gasteiger partial charge in [0.25, 0.3) is 0 Å². The van der Waals surface area contributed by atoms with Gasteiger partial charge in [0.2, 0.25) is 0 Å². The first-order valence-corrected chi connectivity index (χ1v) is 4.55. The summed E-state index contributed by atoms with van der Waals surface area (Å²) < 4.78 is 0. The van der Waals surface area contributed by atoms with E-state index in [1.165, 1.54) is 0 Å². The van der Waals surface area contributed by atoms with Crippen LogP contribution in [0.2, 0.25) is 0 Å². The van der Waals surface area contributed by atoms with Crippen molar-refractivity contribution in [3.05, 3.63) is 0 Å². The molecule has 0 bridgehead atoms. The Hall–Kier alpha value is -0.160. The number of nitrogens with one attached hydrogen (secondary N) is 1. The van der Waals surface area contributed by atoms with Gasteiger partial charge in [0.15, 0.2) is 0 Å². The zero-order valence-electron chi connectivity index (χ0n) is 7.37. The minimum atomic E-state index is -0.542. The summed E-state index contributed by atoms with van der Waals surface area (Å²) in [6.07, 6.45) is 0.135. The van der Waals surface area contributed by atoms with Crippen LogP contribution in [0.4, 0.5) is 0 Å². The second-order valence-corrected chi connectivity index (χ2v) is 3.22. The summed E-state index contributed by atoms with van der Waals surface area (Å²) in [6.45, 7) is 4.95. The largest absolute Gasteiger partial charge is 0.394 e. The maximum Gasteiger partial charge on any atom is 0.0783 e.